The predicted octanol–water partition coefficient (Wildman–Crippen LogP) is 4.35. The first-order valence-electron chi connectivity index (χ1n) is 8.70. The molecule has 160 valence electrons. The zero-order valence-electron chi connectivity index (χ0n) is 16.0. The van der Waals surface area contributed by atoms with Crippen LogP contribution in [0.25, 0.3) is 0 Å². The number of methoxy groups -OCH3 is 1. The molecule has 0 bridgehead atoms. The number of aliphatic imine (C=N–C) groups is 1. The third kappa shape index (κ3) is 11.5. The van der Waals surface area contributed by atoms with Crippen molar-refractivity contribution in [2.45, 2.75) is 45.3 Å². The number of hydrogen-bond acceptors (Lipinski definition) is 4. The number of rotatable bonds is 11. The van der Waals surface area contributed by atoms with Crippen LogP contribution < -0.4 is 15.4 Å². The van der Waals surface area contributed by atoms with E-state index in [1.54, 1.807) is 13.1 Å². The number of esters is 1. The summed E-state index contributed by atoms with van der Waals surface area (Å²) in [5, 5.41) is 6.63. The average Bonchev–Trinajstić information content (AvgIpc) is 2.64. The largest absolute Gasteiger partial charge is 0.469 e. The number of benzene rings is 1. The predicted molar refractivity (Wildman–Crippen MR) is 117 cm³/mol. The van der Waals surface area contributed by atoms with Crippen molar-refractivity contribution in [3.05, 3.63) is 28.8 Å². The molecule has 0 aliphatic carbocycles. The molecule has 0 aromatic heterocycles. The lowest BCUT2D eigenvalue weighted by Gasteiger charge is -2.15. The van der Waals surface area contributed by atoms with Gasteiger partial charge in [0.15, 0.2) is 5.96 Å². The van der Waals surface area contributed by atoms with Gasteiger partial charge in [-0.2, -0.15) is 8.78 Å². The van der Waals surface area contributed by atoms with Crippen molar-refractivity contribution >= 4 is 47.5 Å². The number of carbonyl (C=O) groups is 1. The molecule has 0 spiro atoms. The Kier molecular flexibility index (Phi) is 14.8. The number of nitrogens with zero attached hydrogens (tertiary/aromatic N) is 1. The first-order valence-corrected chi connectivity index (χ1v) is 9.08. The molecular weight excluding hydrogens is 507 g/mol. The zero-order valence-corrected chi connectivity index (χ0v) is 19.1. The first-order chi connectivity index (χ1) is 13.0. The van der Waals surface area contributed by atoms with Crippen LogP contribution in [0.2, 0.25) is 5.02 Å². The number of alkyl halides is 2. The van der Waals surface area contributed by atoms with Gasteiger partial charge >= 0.3 is 12.6 Å². The minimum Gasteiger partial charge on any atom is -0.469 e. The van der Waals surface area contributed by atoms with E-state index in [1.165, 1.54) is 19.2 Å². The molecule has 28 heavy (non-hydrogen) atoms. The van der Waals surface area contributed by atoms with Crippen molar-refractivity contribution in [1.29, 1.82) is 0 Å². The SMILES string of the molecule is CN=C(NCCCCCCC(=O)OC)NCc1cc(Cl)ccc1OC(F)F.I. The lowest BCUT2D eigenvalue weighted by Crippen LogP contribution is -2.37. The van der Waals surface area contributed by atoms with Gasteiger partial charge in [0.25, 0.3) is 0 Å². The average molecular weight is 534 g/mol. The molecule has 0 unspecified atom stereocenters. The summed E-state index contributed by atoms with van der Waals surface area (Å²) >= 11 is 5.93. The maximum atomic E-state index is 12.5. The molecule has 0 atom stereocenters. The molecule has 0 radical (unpaired) electrons. The Morgan fingerprint density at radius 2 is 1.93 bits per heavy atom. The van der Waals surface area contributed by atoms with Crippen molar-refractivity contribution in [1.82, 2.24) is 10.6 Å². The van der Waals surface area contributed by atoms with E-state index in [9.17, 15) is 13.6 Å². The second-order valence-corrected chi connectivity index (χ2v) is 6.16. The van der Waals surface area contributed by atoms with E-state index in [4.69, 9.17) is 11.6 Å². The number of carbonyl (C=O) groups excluding carboxylic acids is 1. The molecule has 0 fully saturated rings. The zero-order chi connectivity index (χ0) is 20.1. The van der Waals surface area contributed by atoms with Crippen molar-refractivity contribution in [3.63, 3.8) is 0 Å². The molecule has 0 amide bonds. The lowest BCUT2D eigenvalue weighted by atomic mass is 10.1. The van der Waals surface area contributed by atoms with Crippen molar-refractivity contribution in [2.24, 2.45) is 4.99 Å². The topological polar surface area (TPSA) is 72.0 Å². The van der Waals surface area contributed by atoms with Gasteiger partial charge in [-0.3, -0.25) is 9.79 Å². The van der Waals surface area contributed by atoms with E-state index >= 15 is 0 Å². The normalized spacial score (nSPS) is 11.0. The van der Waals surface area contributed by atoms with Gasteiger partial charge in [-0.05, 0) is 31.0 Å². The standard InChI is InChI=1S/C18H26ClF2N3O3.HI/c1-22-18(23-10-6-4-3-5-7-16(25)26-2)24-12-13-11-14(19)8-9-15(13)27-17(20)21;/h8-9,11,17H,3-7,10,12H2,1-2H3,(H2,22,23,24);1H. The fourth-order valence-electron chi connectivity index (χ4n) is 2.35. The maximum absolute atomic E-state index is 12.5. The summed E-state index contributed by atoms with van der Waals surface area (Å²) < 4.78 is 34.1. The van der Waals surface area contributed by atoms with E-state index < -0.39 is 6.61 Å². The maximum Gasteiger partial charge on any atom is 0.387 e. The van der Waals surface area contributed by atoms with Crippen LogP contribution in [0.4, 0.5) is 8.78 Å². The third-order valence-corrected chi connectivity index (χ3v) is 3.97. The highest BCUT2D eigenvalue weighted by Crippen LogP contribution is 2.24. The Balaban J connectivity index is 0.00000729. The quantitative estimate of drug-likeness (QED) is 0.146. The van der Waals surface area contributed by atoms with Crippen LogP contribution in [-0.4, -0.2) is 39.2 Å². The van der Waals surface area contributed by atoms with E-state index in [1.807, 2.05) is 0 Å². The van der Waals surface area contributed by atoms with E-state index in [0.29, 0.717) is 29.5 Å². The Morgan fingerprint density at radius 1 is 1.21 bits per heavy atom. The van der Waals surface area contributed by atoms with Crippen LogP contribution >= 0.6 is 35.6 Å². The molecule has 1 aromatic rings. The van der Waals surface area contributed by atoms with Gasteiger partial charge in [-0.15, -0.1) is 24.0 Å². The number of hydrogen-bond donors (Lipinski definition) is 2. The molecule has 0 aliphatic heterocycles. The molecule has 0 saturated heterocycles. The minimum absolute atomic E-state index is 0. The van der Waals surface area contributed by atoms with Gasteiger partial charge in [0.1, 0.15) is 5.75 Å². The van der Waals surface area contributed by atoms with Crippen LogP contribution in [0.15, 0.2) is 23.2 Å². The van der Waals surface area contributed by atoms with Crippen LogP contribution in [-0.2, 0) is 16.1 Å². The summed E-state index contributed by atoms with van der Waals surface area (Å²) in [6, 6.07) is 4.48. The van der Waals surface area contributed by atoms with Gasteiger partial charge in [-0.25, -0.2) is 0 Å². The summed E-state index contributed by atoms with van der Waals surface area (Å²) in [6.45, 7) is -1.96. The Morgan fingerprint density at radius 3 is 2.57 bits per heavy atom. The van der Waals surface area contributed by atoms with Crippen LogP contribution in [0, 0.1) is 0 Å². The molecule has 0 heterocycles. The third-order valence-electron chi connectivity index (χ3n) is 3.74. The van der Waals surface area contributed by atoms with E-state index in [-0.39, 0.29) is 42.2 Å². The summed E-state index contributed by atoms with van der Waals surface area (Å²) in [5.41, 5.74) is 0.508. The fourth-order valence-corrected chi connectivity index (χ4v) is 2.55. The summed E-state index contributed by atoms with van der Waals surface area (Å²) in [6.07, 6.45) is 4.08. The Labute approximate surface area is 186 Å². The van der Waals surface area contributed by atoms with Crippen molar-refractivity contribution in [2.75, 3.05) is 20.7 Å². The van der Waals surface area contributed by atoms with Gasteiger partial charge in [-0.1, -0.05) is 24.4 Å². The second kappa shape index (κ2) is 15.5. The van der Waals surface area contributed by atoms with Crippen LogP contribution in [0.5, 0.6) is 5.75 Å². The van der Waals surface area contributed by atoms with Gasteiger partial charge in [0.2, 0.25) is 0 Å². The molecular formula is C18H27ClF2IN3O3. The highest BCUT2D eigenvalue weighted by Gasteiger charge is 2.11. The number of nitrogens with one attached hydrogen (secondary N) is 2. The molecule has 2 N–H and O–H groups in total. The number of ether oxygens (including phenoxy) is 2. The lowest BCUT2D eigenvalue weighted by molar-refractivity contribution is -0.140. The van der Waals surface area contributed by atoms with Crippen molar-refractivity contribution < 1.29 is 23.0 Å². The highest BCUT2D eigenvalue weighted by molar-refractivity contribution is 14.0. The van der Waals surface area contributed by atoms with Gasteiger partial charge < -0.3 is 20.1 Å². The number of unbranched alkanes of at least 4 members (excludes halogenated alkanes) is 3. The van der Waals surface area contributed by atoms with E-state index in [0.717, 1.165) is 25.7 Å². The molecule has 6 nitrogen and oxygen atoms in total. The van der Waals surface area contributed by atoms with E-state index in [2.05, 4.69) is 25.1 Å². The fraction of sp³-hybridized carbons (Fsp3) is 0.556. The Bertz CT molecular complexity index is 622. The number of guanidine groups is 1. The summed E-state index contributed by atoms with van der Waals surface area (Å²) in [5.74, 6) is 0.435. The van der Waals surface area contributed by atoms with Crippen molar-refractivity contribution in [3.8, 4) is 5.75 Å². The first kappa shape index (κ1) is 26.6. The molecule has 1 rings (SSSR count). The summed E-state index contributed by atoms with van der Waals surface area (Å²) in [4.78, 5) is 15.1. The van der Waals surface area contributed by atoms with Gasteiger partial charge in [0.05, 0.1) is 7.11 Å². The monoisotopic (exact) mass is 533 g/mol. The smallest absolute Gasteiger partial charge is 0.387 e. The number of halogens is 4. The minimum atomic E-state index is -2.90. The molecule has 1 aromatic carbocycles. The summed E-state index contributed by atoms with van der Waals surface area (Å²) in [7, 11) is 3.01. The molecule has 10 heteroatoms. The Hall–Kier alpha value is -1.36. The highest BCUT2D eigenvalue weighted by atomic mass is 127. The van der Waals surface area contributed by atoms with Crippen LogP contribution in [0.1, 0.15) is 37.7 Å². The molecule has 0 saturated carbocycles. The second-order valence-electron chi connectivity index (χ2n) is 5.72. The van der Waals surface area contributed by atoms with Crippen LogP contribution in [0.3, 0.4) is 0 Å². The molecule has 0 aliphatic rings. The van der Waals surface area contributed by atoms with Gasteiger partial charge in [0, 0.05) is 37.1 Å².